The maximum atomic E-state index is 11.8. The summed E-state index contributed by atoms with van der Waals surface area (Å²) in [6, 6.07) is 9.80. The van der Waals surface area contributed by atoms with Crippen molar-refractivity contribution < 1.29 is 18.9 Å². The summed E-state index contributed by atoms with van der Waals surface area (Å²) in [6.45, 7) is 1.35. The van der Waals surface area contributed by atoms with Crippen LogP contribution in [0.5, 0.6) is 0 Å². The monoisotopic (exact) mass is 379 g/mol. The molecule has 0 aliphatic carbocycles. The van der Waals surface area contributed by atoms with E-state index in [-0.39, 0.29) is 17.6 Å². The third-order valence-electron chi connectivity index (χ3n) is 3.08. The number of rotatable bonds is 3. The number of carbonyl (C=O) groups excluding carboxylic acids is 1. The van der Waals surface area contributed by atoms with Gasteiger partial charge in [-0.25, -0.2) is 0 Å². The lowest BCUT2D eigenvalue weighted by Crippen LogP contribution is -2.25. The summed E-state index contributed by atoms with van der Waals surface area (Å²) in [5, 5.41) is 15.9. The van der Waals surface area contributed by atoms with Gasteiger partial charge < -0.3 is 9.15 Å². The number of carbonyl (C=O) groups is 1. The number of furan rings is 1. The van der Waals surface area contributed by atoms with Gasteiger partial charge in [0.15, 0.2) is 5.76 Å². The Morgan fingerprint density at radius 2 is 2.17 bits per heavy atom. The number of nitrogens with zero attached hydrogens (tertiary/aromatic N) is 3. The third kappa shape index (κ3) is 2.95. The van der Waals surface area contributed by atoms with Crippen LogP contribution >= 0.6 is 15.9 Å². The molecular weight excluding hydrogens is 370 g/mol. The lowest BCUT2D eigenvalue weighted by Gasteiger charge is -2.19. The first kappa shape index (κ1) is 15.2. The average Bonchev–Trinajstić information content (AvgIpc) is 3.14. The van der Waals surface area contributed by atoms with Crippen molar-refractivity contribution in [3.63, 3.8) is 0 Å². The molecule has 8 nitrogen and oxygen atoms in total. The van der Waals surface area contributed by atoms with Gasteiger partial charge in [-0.3, -0.25) is 14.9 Å². The van der Waals surface area contributed by atoms with E-state index in [0.717, 1.165) is 9.48 Å². The minimum Gasteiger partial charge on any atom is -0.443 e. The van der Waals surface area contributed by atoms with Crippen LogP contribution < -0.4 is 0 Å². The highest BCUT2D eigenvalue weighted by Gasteiger charge is 2.35. The molecule has 0 saturated heterocycles. The number of halogens is 1. The molecule has 0 N–H and O–H groups in total. The van der Waals surface area contributed by atoms with Crippen LogP contribution in [0.2, 0.25) is 0 Å². The van der Waals surface area contributed by atoms with Crippen LogP contribution in [0, 0.1) is 10.1 Å². The van der Waals surface area contributed by atoms with Gasteiger partial charge in [0.25, 0.3) is 5.90 Å². The third-order valence-corrected chi connectivity index (χ3v) is 3.58. The Morgan fingerprint density at radius 3 is 2.78 bits per heavy atom. The lowest BCUT2D eigenvalue weighted by molar-refractivity contribution is -0.402. The van der Waals surface area contributed by atoms with E-state index < -0.39 is 17.0 Å². The van der Waals surface area contributed by atoms with Gasteiger partial charge in [-0.1, -0.05) is 28.1 Å². The fourth-order valence-corrected chi connectivity index (χ4v) is 2.50. The number of amides is 1. The van der Waals surface area contributed by atoms with E-state index in [0.29, 0.717) is 5.56 Å². The van der Waals surface area contributed by atoms with Gasteiger partial charge in [0, 0.05) is 17.0 Å². The highest BCUT2D eigenvalue weighted by molar-refractivity contribution is 9.10. The Bertz CT molecular complexity index is 816. The molecule has 0 fully saturated rings. The standard InChI is InChI=1S/C14H10BrN3O5/c1-8(19)17-14(9-3-2-4-10(15)7-9)23-13(16-17)11-5-6-12(22-11)18(20)21/h2-7,14H,1H3. The Kier molecular flexibility index (Phi) is 3.87. The normalized spacial score (nSPS) is 16.9. The summed E-state index contributed by atoms with van der Waals surface area (Å²) in [4.78, 5) is 21.8. The largest absolute Gasteiger partial charge is 0.443 e. The molecule has 1 unspecified atom stereocenters. The highest BCUT2D eigenvalue weighted by Crippen LogP contribution is 2.32. The predicted molar refractivity (Wildman–Crippen MR) is 82.4 cm³/mol. The maximum Gasteiger partial charge on any atom is 0.433 e. The molecule has 2 heterocycles. The van der Waals surface area contributed by atoms with Crippen LogP contribution in [0.25, 0.3) is 0 Å². The van der Waals surface area contributed by atoms with Crippen LogP contribution in [0.4, 0.5) is 5.88 Å². The molecular formula is C14H10BrN3O5. The first-order valence-corrected chi connectivity index (χ1v) is 7.30. The van der Waals surface area contributed by atoms with Crippen LogP contribution in [0.3, 0.4) is 0 Å². The number of ether oxygens (including phenoxy) is 1. The molecule has 23 heavy (non-hydrogen) atoms. The smallest absolute Gasteiger partial charge is 0.433 e. The van der Waals surface area contributed by atoms with E-state index >= 15 is 0 Å². The Morgan fingerprint density at radius 1 is 1.39 bits per heavy atom. The van der Waals surface area contributed by atoms with Crippen LogP contribution in [0.15, 0.2) is 50.4 Å². The van der Waals surface area contributed by atoms with E-state index in [2.05, 4.69) is 21.0 Å². The minimum atomic E-state index is -0.760. The summed E-state index contributed by atoms with van der Waals surface area (Å²) < 4.78 is 11.6. The lowest BCUT2D eigenvalue weighted by atomic mass is 10.2. The van der Waals surface area contributed by atoms with Gasteiger partial charge in [-0.2, -0.15) is 5.01 Å². The second-order valence-electron chi connectivity index (χ2n) is 4.69. The molecule has 1 aliphatic heterocycles. The number of hydrazone groups is 1. The van der Waals surface area contributed by atoms with Crippen LogP contribution in [-0.4, -0.2) is 21.7 Å². The van der Waals surface area contributed by atoms with Gasteiger partial charge in [0.2, 0.25) is 12.1 Å². The van der Waals surface area contributed by atoms with Crippen molar-refractivity contribution in [3.05, 3.63) is 62.3 Å². The molecule has 1 amide bonds. The summed E-state index contributed by atoms with van der Waals surface area (Å²) in [6.07, 6.45) is -0.760. The predicted octanol–water partition coefficient (Wildman–Crippen LogP) is 3.19. The van der Waals surface area contributed by atoms with E-state index in [4.69, 9.17) is 9.15 Å². The summed E-state index contributed by atoms with van der Waals surface area (Å²) in [7, 11) is 0. The molecule has 1 aliphatic rings. The molecule has 2 aromatic rings. The van der Waals surface area contributed by atoms with Crippen molar-refractivity contribution in [1.82, 2.24) is 5.01 Å². The first-order valence-electron chi connectivity index (χ1n) is 6.51. The van der Waals surface area contributed by atoms with Crippen molar-refractivity contribution in [2.45, 2.75) is 13.2 Å². The Hall–Kier alpha value is -2.68. The molecule has 1 aromatic heterocycles. The van der Waals surface area contributed by atoms with Crippen LogP contribution in [0.1, 0.15) is 24.5 Å². The van der Waals surface area contributed by atoms with Gasteiger partial charge in [-0.15, -0.1) is 5.10 Å². The molecule has 118 valence electrons. The number of hydrogen-bond acceptors (Lipinski definition) is 6. The van der Waals surface area contributed by atoms with Crippen molar-refractivity contribution >= 4 is 33.6 Å². The maximum absolute atomic E-state index is 11.8. The summed E-state index contributed by atoms with van der Waals surface area (Å²) in [5.74, 6) is -0.656. The molecule has 0 radical (unpaired) electrons. The average molecular weight is 380 g/mol. The second kappa shape index (κ2) is 5.84. The van der Waals surface area contributed by atoms with Crippen molar-refractivity contribution in [3.8, 4) is 0 Å². The zero-order chi connectivity index (χ0) is 16.6. The minimum absolute atomic E-state index is 0.0123. The second-order valence-corrected chi connectivity index (χ2v) is 5.60. The molecule has 0 saturated carbocycles. The van der Waals surface area contributed by atoms with Crippen LogP contribution in [-0.2, 0) is 9.53 Å². The van der Waals surface area contributed by atoms with E-state index in [1.165, 1.54) is 19.1 Å². The van der Waals surface area contributed by atoms with Crippen molar-refractivity contribution in [2.75, 3.05) is 0 Å². The van der Waals surface area contributed by atoms with Gasteiger partial charge in [0.05, 0.1) is 6.07 Å². The highest BCUT2D eigenvalue weighted by atomic mass is 79.9. The number of nitro groups is 1. The van der Waals surface area contributed by atoms with E-state index in [9.17, 15) is 14.9 Å². The fourth-order valence-electron chi connectivity index (χ4n) is 2.08. The van der Waals surface area contributed by atoms with Gasteiger partial charge in [-0.05, 0) is 18.2 Å². The zero-order valence-corrected chi connectivity index (χ0v) is 13.4. The first-order chi connectivity index (χ1) is 11.0. The zero-order valence-electron chi connectivity index (χ0n) is 11.8. The quantitative estimate of drug-likeness (QED) is 0.602. The summed E-state index contributed by atoms with van der Waals surface area (Å²) >= 11 is 3.36. The Labute approximate surface area is 138 Å². The summed E-state index contributed by atoms with van der Waals surface area (Å²) in [5.41, 5.74) is 0.703. The Balaban J connectivity index is 1.93. The molecule has 1 atom stereocenters. The molecule has 0 spiro atoms. The van der Waals surface area contributed by atoms with E-state index in [1.807, 2.05) is 6.07 Å². The molecule has 0 bridgehead atoms. The molecule has 1 aromatic carbocycles. The van der Waals surface area contributed by atoms with Crippen molar-refractivity contribution in [2.24, 2.45) is 5.10 Å². The topological polar surface area (TPSA) is 98.2 Å². The number of benzene rings is 1. The van der Waals surface area contributed by atoms with Crippen molar-refractivity contribution in [1.29, 1.82) is 0 Å². The number of hydrogen-bond donors (Lipinski definition) is 0. The fraction of sp³-hybridized carbons (Fsp3) is 0.143. The molecule has 9 heteroatoms. The molecule has 3 rings (SSSR count). The van der Waals surface area contributed by atoms with E-state index in [1.54, 1.807) is 18.2 Å². The SMILES string of the molecule is CC(=O)N1N=C(c2ccc([N+](=O)[O-])o2)OC1c1cccc(Br)c1. The van der Waals surface area contributed by atoms with Gasteiger partial charge in [0.1, 0.15) is 4.92 Å². The van der Waals surface area contributed by atoms with Gasteiger partial charge >= 0.3 is 5.88 Å².